The zero-order chi connectivity index (χ0) is 13.2. The zero-order valence-electron chi connectivity index (χ0n) is 11.3. The van der Waals surface area contributed by atoms with Crippen molar-refractivity contribution in [1.29, 1.82) is 0 Å². The maximum absolute atomic E-state index is 10.4. The normalized spacial score (nSPS) is 25.4. The molecule has 100 valence electrons. The van der Waals surface area contributed by atoms with Gasteiger partial charge in [-0.2, -0.15) is 0 Å². The smallest absolute Gasteiger partial charge is 0.119 e. The molecule has 0 spiro atoms. The van der Waals surface area contributed by atoms with Gasteiger partial charge in [0.1, 0.15) is 11.9 Å². The van der Waals surface area contributed by atoms with Crippen LogP contribution < -0.4 is 4.74 Å². The highest BCUT2D eigenvalue weighted by atomic mass is 16.5. The third kappa shape index (κ3) is 2.85. The van der Waals surface area contributed by atoms with Gasteiger partial charge in [0, 0.05) is 6.61 Å². The van der Waals surface area contributed by atoms with E-state index in [4.69, 9.17) is 9.47 Å². The van der Waals surface area contributed by atoms with Crippen LogP contribution in [0.25, 0.3) is 0 Å². The summed E-state index contributed by atoms with van der Waals surface area (Å²) in [5.41, 5.74) is 0.441. The lowest BCUT2D eigenvalue weighted by Crippen LogP contribution is -2.31. The first-order valence-electron chi connectivity index (χ1n) is 6.60. The molecule has 1 aromatic carbocycles. The molecule has 0 radical (unpaired) electrons. The topological polar surface area (TPSA) is 38.7 Å². The monoisotopic (exact) mass is 250 g/mol. The highest BCUT2D eigenvalue weighted by Crippen LogP contribution is 2.37. The van der Waals surface area contributed by atoms with Crippen LogP contribution in [0.1, 0.15) is 45.3 Å². The number of hydrogen-bond donors (Lipinski definition) is 1. The fourth-order valence-electron chi connectivity index (χ4n) is 2.37. The average molecular weight is 250 g/mol. The Labute approximate surface area is 109 Å². The summed E-state index contributed by atoms with van der Waals surface area (Å²) in [6.45, 7) is 6.71. The molecule has 1 heterocycles. The van der Waals surface area contributed by atoms with Gasteiger partial charge in [-0.15, -0.1) is 0 Å². The highest BCUT2D eigenvalue weighted by molar-refractivity contribution is 5.30. The first-order chi connectivity index (χ1) is 8.51. The van der Waals surface area contributed by atoms with Crippen molar-refractivity contribution < 1.29 is 14.6 Å². The van der Waals surface area contributed by atoms with Crippen LogP contribution in [0.4, 0.5) is 0 Å². The molecular weight excluding hydrogens is 228 g/mol. The minimum absolute atomic E-state index is 0.163. The number of aliphatic hydroxyl groups is 1. The first kappa shape index (κ1) is 13.4. The molecule has 0 aromatic heterocycles. The van der Waals surface area contributed by atoms with Gasteiger partial charge in [0.15, 0.2) is 0 Å². The molecule has 1 aliphatic heterocycles. The summed E-state index contributed by atoms with van der Waals surface area (Å²) in [6, 6.07) is 7.62. The molecule has 3 nitrogen and oxygen atoms in total. The Bertz CT molecular complexity index is 377. The SMILES string of the molecule is CC(C)Oc1ccc(C(O)C2(C)CCCO2)cc1. The van der Waals surface area contributed by atoms with Gasteiger partial charge in [0.2, 0.25) is 0 Å². The van der Waals surface area contributed by atoms with E-state index in [1.54, 1.807) is 0 Å². The Kier molecular flexibility index (Phi) is 3.93. The molecular formula is C15H22O3. The average Bonchev–Trinajstić information content (AvgIpc) is 2.77. The van der Waals surface area contributed by atoms with Crippen molar-refractivity contribution in [2.45, 2.75) is 51.4 Å². The summed E-state index contributed by atoms with van der Waals surface area (Å²) in [5, 5.41) is 10.4. The third-order valence-electron chi connectivity index (χ3n) is 3.40. The van der Waals surface area contributed by atoms with Gasteiger partial charge in [-0.3, -0.25) is 0 Å². The van der Waals surface area contributed by atoms with E-state index in [1.807, 2.05) is 45.0 Å². The van der Waals surface area contributed by atoms with Crippen LogP contribution in [0.15, 0.2) is 24.3 Å². The van der Waals surface area contributed by atoms with Crippen molar-refractivity contribution >= 4 is 0 Å². The molecule has 3 heteroatoms. The minimum Gasteiger partial charge on any atom is -0.491 e. The van der Waals surface area contributed by atoms with E-state index in [1.165, 1.54) is 0 Å². The van der Waals surface area contributed by atoms with E-state index in [0.29, 0.717) is 0 Å². The summed E-state index contributed by atoms with van der Waals surface area (Å²) in [4.78, 5) is 0. The molecule has 0 amide bonds. The first-order valence-corrected chi connectivity index (χ1v) is 6.60. The summed E-state index contributed by atoms with van der Waals surface area (Å²) in [5.74, 6) is 0.832. The molecule has 18 heavy (non-hydrogen) atoms. The Morgan fingerprint density at radius 2 is 1.94 bits per heavy atom. The Hall–Kier alpha value is -1.06. The minimum atomic E-state index is -0.576. The maximum Gasteiger partial charge on any atom is 0.119 e. The summed E-state index contributed by atoms with van der Waals surface area (Å²) >= 11 is 0. The fraction of sp³-hybridized carbons (Fsp3) is 0.600. The van der Waals surface area contributed by atoms with E-state index in [-0.39, 0.29) is 6.10 Å². The van der Waals surface area contributed by atoms with Crippen molar-refractivity contribution in [3.8, 4) is 5.75 Å². The molecule has 1 fully saturated rings. The van der Waals surface area contributed by atoms with Crippen LogP contribution in [-0.4, -0.2) is 23.4 Å². The second kappa shape index (κ2) is 5.29. The van der Waals surface area contributed by atoms with Gasteiger partial charge >= 0.3 is 0 Å². The molecule has 1 N–H and O–H groups in total. The maximum atomic E-state index is 10.4. The Morgan fingerprint density at radius 3 is 2.44 bits per heavy atom. The molecule has 1 aliphatic rings. The molecule has 2 unspecified atom stereocenters. The van der Waals surface area contributed by atoms with Crippen molar-refractivity contribution in [3.05, 3.63) is 29.8 Å². The van der Waals surface area contributed by atoms with E-state index in [2.05, 4.69) is 0 Å². The van der Waals surface area contributed by atoms with Crippen LogP contribution in [0.3, 0.4) is 0 Å². The predicted molar refractivity (Wildman–Crippen MR) is 70.8 cm³/mol. The van der Waals surface area contributed by atoms with Gasteiger partial charge in [-0.05, 0) is 51.3 Å². The molecule has 2 atom stereocenters. The fourth-order valence-corrected chi connectivity index (χ4v) is 2.37. The quantitative estimate of drug-likeness (QED) is 0.892. The number of rotatable bonds is 4. The van der Waals surface area contributed by atoms with Gasteiger partial charge < -0.3 is 14.6 Å². The van der Waals surface area contributed by atoms with Crippen LogP contribution in [-0.2, 0) is 4.74 Å². The predicted octanol–water partition coefficient (Wildman–Crippen LogP) is 3.08. The Balaban J connectivity index is 2.09. The number of ether oxygens (including phenoxy) is 2. The largest absolute Gasteiger partial charge is 0.491 e. The third-order valence-corrected chi connectivity index (χ3v) is 3.40. The van der Waals surface area contributed by atoms with Gasteiger partial charge in [0.05, 0.1) is 11.7 Å². The van der Waals surface area contributed by atoms with Gasteiger partial charge in [-0.1, -0.05) is 12.1 Å². The Morgan fingerprint density at radius 1 is 1.28 bits per heavy atom. The van der Waals surface area contributed by atoms with E-state index in [0.717, 1.165) is 30.8 Å². The second-order valence-corrected chi connectivity index (χ2v) is 5.40. The molecule has 0 saturated carbocycles. The lowest BCUT2D eigenvalue weighted by Gasteiger charge is -2.29. The van der Waals surface area contributed by atoms with E-state index >= 15 is 0 Å². The number of benzene rings is 1. The lowest BCUT2D eigenvalue weighted by molar-refractivity contribution is -0.0796. The van der Waals surface area contributed by atoms with E-state index < -0.39 is 11.7 Å². The number of aliphatic hydroxyl groups excluding tert-OH is 1. The van der Waals surface area contributed by atoms with Crippen molar-refractivity contribution in [3.63, 3.8) is 0 Å². The van der Waals surface area contributed by atoms with Crippen LogP contribution in [0.5, 0.6) is 5.75 Å². The summed E-state index contributed by atoms with van der Waals surface area (Å²) in [7, 11) is 0. The standard InChI is InChI=1S/C15H22O3/c1-11(2)18-13-7-5-12(6-8-13)14(16)15(3)9-4-10-17-15/h5-8,11,14,16H,4,9-10H2,1-3H3. The van der Waals surface area contributed by atoms with Crippen LogP contribution in [0, 0.1) is 0 Å². The van der Waals surface area contributed by atoms with Crippen molar-refractivity contribution in [2.75, 3.05) is 6.61 Å². The number of hydrogen-bond acceptors (Lipinski definition) is 3. The molecule has 1 aromatic rings. The summed E-state index contributed by atoms with van der Waals surface area (Å²) < 4.78 is 11.3. The second-order valence-electron chi connectivity index (χ2n) is 5.40. The van der Waals surface area contributed by atoms with Crippen molar-refractivity contribution in [2.24, 2.45) is 0 Å². The molecule has 0 bridgehead atoms. The molecule has 0 aliphatic carbocycles. The van der Waals surface area contributed by atoms with E-state index in [9.17, 15) is 5.11 Å². The molecule has 1 saturated heterocycles. The van der Waals surface area contributed by atoms with Crippen LogP contribution in [0.2, 0.25) is 0 Å². The van der Waals surface area contributed by atoms with Crippen LogP contribution >= 0.6 is 0 Å². The highest BCUT2D eigenvalue weighted by Gasteiger charge is 2.38. The van der Waals surface area contributed by atoms with Gasteiger partial charge in [-0.25, -0.2) is 0 Å². The van der Waals surface area contributed by atoms with Gasteiger partial charge in [0.25, 0.3) is 0 Å². The summed E-state index contributed by atoms with van der Waals surface area (Å²) in [6.07, 6.45) is 1.50. The lowest BCUT2D eigenvalue weighted by atomic mass is 9.90. The van der Waals surface area contributed by atoms with Crippen molar-refractivity contribution in [1.82, 2.24) is 0 Å². The molecule has 2 rings (SSSR count). The zero-order valence-corrected chi connectivity index (χ0v) is 11.3.